The smallest absolute Gasteiger partial charge is 0.247 e. The molecule has 0 bridgehead atoms. The third-order valence-electron chi connectivity index (χ3n) is 7.16. The number of aliphatic hydroxyl groups is 1. The van der Waals surface area contributed by atoms with Gasteiger partial charge in [0.25, 0.3) is 0 Å². The Balaban J connectivity index is 1.85. The number of likely N-dealkylation sites (tertiary alicyclic amines) is 1. The van der Waals surface area contributed by atoms with Crippen LogP contribution >= 0.6 is 0 Å². The van der Waals surface area contributed by atoms with E-state index in [9.17, 15) is 24.7 Å². The van der Waals surface area contributed by atoms with Gasteiger partial charge in [-0.2, -0.15) is 0 Å². The first-order valence-corrected chi connectivity index (χ1v) is 12.3. The molecule has 9 nitrogen and oxygen atoms in total. The summed E-state index contributed by atoms with van der Waals surface area (Å²) in [4.78, 5) is 41.3. The van der Waals surface area contributed by atoms with Gasteiger partial charge in [-0.1, -0.05) is 19.1 Å². The van der Waals surface area contributed by atoms with Gasteiger partial charge >= 0.3 is 0 Å². The summed E-state index contributed by atoms with van der Waals surface area (Å²) in [5.74, 6) is -2.11. The molecule has 0 unspecified atom stereocenters. The van der Waals surface area contributed by atoms with Crippen LogP contribution in [0.15, 0.2) is 24.3 Å². The van der Waals surface area contributed by atoms with Crippen molar-refractivity contribution >= 4 is 17.7 Å². The molecule has 3 amide bonds. The molecule has 1 aliphatic heterocycles. The van der Waals surface area contributed by atoms with E-state index in [0.717, 1.165) is 25.7 Å². The second-order valence-corrected chi connectivity index (χ2v) is 9.30. The molecule has 1 aromatic carbocycles. The van der Waals surface area contributed by atoms with Crippen LogP contribution in [0.5, 0.6) is 5.75 Å². The normalized spacial score (nSPS) is 24.6. The van der Waals surface area contributed by atoms with Crippen molar-refractivity contribution in [2.24, 2.45) is 5.92 Å². The summed E-state index contributed by atoms with van der Waals surface area (Å²) in [7, 11) is 1.55. The van der Waals surface area contributed by atoms with E-state index in [2.05, 4.69) is 5.32 Å². The largest absolute Gasteiger partial charge is 0.497 e. The van der Waals surface area contributed by atoms with Crippen LogP contribution in [0, 0.1) is 5.92 Å². The van der Waals surface area contributed by atoms with Crippen molar-refractivity contribution in [3.8, 4) is 5.75 Å². The predicted octanol–water partition coefficient (Wildman–Crippen LogP) is 2.11. The van der Waals surface area contributed by atoms with E-state index >= 15 is 0 Å². The van der Waals surface area contributed by atoms with Crippen molar-refractivity contribution in [3.05, 3.63) is 29.8 Å². The van der Waals surface area contributed by atoms with Gasteiger partial charge in [0, 0.05) is 12.6 Å². The molecular weight excluding hydrogens is 438 g/mol. The van der Waals surface area contributed by atoms with E-state index in [1.165, 1.54) is 0 Å². The zero-order valence-electron chi connectivity index (χ0n) is 20.0. The van der Waals surface area contributed by atoms with Gasteiger partial charge in [-0.15, -0.1) is 0 Å². The summed E-state index contributed by atoms with van der Waals surface area (Å²) < 4.78 is 5.23. The highest BCUT2D eigenvalue weighted by Crippen LogP contribution is 2.33. The van der Waals surface area contributed by atoms with Crippen LogP contribution in [0.2, 0.25) is 0 Å². The first-order chi connectivity index (χ1) is 16.4. The minimum atomic E-state index is -0.846. The van der Waals surface area contributed by atoms with Crippen LogP contribution in [0.25, 0.3) is 0 Å². The number of carbonyl (C=O) groups is 3. The van der Waals surface area contributed by atoms with Gasteiger partial charge in [0.1, 0.15) is 11.8 Å². The molecule has 2 fully saturated rings. The highest BCUT2D eigenvalue weighted by Gasteiger charge is 2.41. The molecule has 1 heterocycles. The quantitative estimate of drug-likeness (QED) is 0.337. The summed E-state index contributed by atoms with van der Waals surface area (Å²) in [6.07, 6.45) is 4.96. The van der Waals surface area contributed by atoms with Gasteiger partial charge in [-0.3, -0.25) is 19.6 Å². The minimum Gasteiger partial charge on any atom is -0.497 e. The molecule has 4 N–H and O–H groups in total. The van der Waals surface area contributed by atoms with Gasteiger partial charge < -0.3 is 20.1 Å². The fourth-order valence-electron chi connectivity index (χ4n) is 5.18. The molecule has 34 heavy (non-hydrogen) atoms. The Hall–Kier alpha value is -2.65. The summed E-state index contributed by atoms with van der Waals surface area (Å²) in [6, 6.07) is 6.36. The third-order valence-corrected chi connectivity index (χ3v) is 7.16. The average molecular weight is 476 g/mol. The number of methoxy groups -OCH3 is 1. The van der Waals surface area contributed by atoms with E-state index in [1.807, 2.05) is 0 Å². The number of nitrogens with one attached hydrogen (secondary N) is 2. The SMILES string of the molecule is CC[C@H](C(=O)NO)[C@H](C(=O)N1CCCC[C@H]1C(=O)NC1CCC(O)CC1)c1ccc(OC)cc1. The van der Waals surface area contributed by atoms with Gasteiger partial charge in [-0.25, -0.2) is 5.48 Å². The maximum Gasteiger partial charge on any atom is 0.247 e. The molecule has 3 atom stereocenters. The Kier molecular flexibility index (Phi) is 9.29. The second-order valence-electron chi connectivity index (χ2n) is 9.30. The topological polar surface area (TPSA) is 128 Å². The molecular formula is C25H37N3O6. The molecule has 0 aromatic heterocycles. The number of ether oxygens (including phenoxy) is 1. The maximum absolute atomic E-state index is 13.9. The molecule has 1 aliphatic carbocycles. The molecule has 188 valence electrons. The fourth-order valence-corrected chi connectivity index (χ4v) is 5.18. The number of benzene rings is 1. The van der Waals surface area contributed by atoms with Gasteiger partial charge in [0.2, 0.25) is 17.7 Å². The lowest BCUT2D eigenvalue weighted by atomic mass is 9.81. The van der Waals surface area contributed by atoms with E-state index in [0.29, 0.717) is 43.5 Å². The zero-order valence-corrected chi connectivity index (χ0v) is 20.0. The number of piperidine rings is 1. The summed E-state index contributed by atoms with van der Waals surface area (Å²) in [6.45, 7) is 2.23. The van der Waals surface area contributed by atoms with Crippen LogP contribution in [0.1, 0.15) is 69.8 Å². The number of carbonyl (C=O) groups excluding carboxylic acids is 3. The van der Waals surface area contributed by atoms with Crippen molar-refractivity contribution in [2.75, 3.05) is 13.7 Å². The first kappa shape index (κ1) is 26.0. The average Bonchev–Trinajstić information content (AvgIpc) is 2.87. The predicted molar refractivity (Wildman–Crippen MR) is 125 cm³/mol. The molecule has 2 aliphatic rings. The van der Waals surface area contributed by atoms with E-state index < -0.39 is 23.8 Å². The summed E-state index contributed by atoms with van der Waals surface area (Å²) in [5, 5.41) is 22.1. The Bertz CT molecular complexity index is 838. The molecule has 0 spiro atoms. The van der Waals surface area contributed by atoms with Crippen molar-refractivity contribution in [3.63, 3.8) is 0 Å². The van der Waals surface area contributed by atoms with Gasteiger partial charge in [0.05, 0.1) is 25.0 Å². The molecule has 0 radical (unpaired) electrons. The Morgan fingerprint density at radius 3 is 2.35 bits per heavy atom. The van der Waals surface area contributed by atoms with Gasteiger partial charge in [0.15, 0.2) is 0 Å². The number of hydrogen-bond acceptors (Lipinski definition) is 6. The molecule has 9 heteroatoms. The Morgan fingerprint density at radius 1 is 1.09 bits per heavy atom. The van der Waals surface area contributed by atoms with Crippen LogP contribution in [-0.4, -0.2) is 64.8 Å². The summed E-state index contributed by atoms with van der Waals surface area (Å²) >= 11 is 0. The first-order valence-electron chi connectivity index (χ1n) is 12.3. The molecule has 1 saturated heterocycles. The Morgan fingerprint density at radius 2 is 1.76 bits per heavy atom. The molecule has 3 rings (SSSR count). The van der Waals surface area contributed by atoms with Crippen molar-refractivity contribution in [1.29, 1.82) is 0 Å². The number of hydroxylamine groups is 1. The lowest BCUT2D eigenvalue weighted by Gasteiger charge is -2.39. The van der Waals surface area contributed by atoms with Crippen molar-refractivity contribution in [1.82, 2.24) is 15.7 Å². The fraction of sp³-hybridized carbons (Fsp3) is 0.640. The summed E-state index contributed by atoms with van der Waals surface area (Å²) in [5.41, 5.74) is 2.34. The van der Waals surface area contributed by atoms with E-state index in [1.54, 1.807) is 48.7 Å². The zero-order chi connectivity index (χ0) is 24.7. The lowest BCUT2D eigenvalue weighted by Crippen LogP contribution is -2.56. The second kappa shape index (κ2) is 12.2. The van der Waals surface area contributed by atoms with E-state index in [-0.39, 0.29) is 24.0 Å². The number of amides is 3. The molecule has 1 aromatic rings. The number of rotatable bonds is 8. The lowest BCUT2D eigenvalue weighted by molar-refractivity contribution is -0.147. The monoisotopic (exact) mass is 475 g/mol. The van der Waals surface area contributed by atoms with Crippen LogP contribution in [0.3, 0.4) is 0 Å². The van der Waals surface area contributed by atoms with Crippen molar-refractivity contribution in [2.45, 2.75) is 82.4 Å². The number of aliphatic hydroxyl groups excluding tert-OH is 1. The van der Waals surface area contributed by atoms with Crippen LogP contribution < -0.4 is 15.5 Å². The molecule has 1 saturated carbocycles. The van der Waals surface area contributed by atoms with Gasteiger partial charge in [-0.05, 0) is 69.1 Å². The third kappa shape index (κ3) is 6.07. The number of nitrogens with zero attached hydrogens (tertiary/aromatic N) is 1. The van der Waals surface area contributed by atoms with E-state index in [4.69, 9.17) is 4.74 Å². The van der Waals surface area contributed by atoms with Crippen molar-refractivity contribution < 1.29 is 29.4 Å². The Labute approximate surface area is 200 Å². The van der Waals surface area contributed by atoms with Crippen LogP contribution in [-0.2, 0) is 14.4 Å². The number of hydrogen-bond donors (Lipinski definition) is 4. The van der Waals surface area contributed by atoms with Crippen LogP contribution in [0.4, 0.5) is 0 Å². The standard InChI is InChI=1S/C25H37N3O6/c1-3-20(23(30)27-33)22(16-7-13-19(34-2)14-8-16)25(32)28-15-5-4-6-21(28)24(31)26-17-9-11-18(29)12-10-17/h7-8,13-14,17-18,20-22,29,33H,3-6,9-12,15H2,1-2H3,(H,26,31)(H,27,30)/t17?,18?,20-,21-,22+/m0/s1. The highest BCUT2D eigenvalue weighted by atomic mass is 16.5. The maximum atomic E-state index is 13.9. The minimum absolute atomic E-state index is 0.00396. The highest BCUT2D eigenvalue weighted by molar-refractivity contribution is 5.94.